The van der Waals surface area contributed by atoms with Crippen LogP contribution in [0.4, 0.5) is 0 Å². The average Bonchev–Trinajstić information content (AvgIpc) is 3.03. The number of ether oxygens (including phenoxy) is 1. The summed E-state index contributed by atoms with van der Waals surface area (Å²) >= 11 is 1.31. The first-order valence-corrected chi connectivity index (χ1v) is 7.40. The van der Waals surface area contributed by atoms with Crippen molar-refractivity contribution in [3.8, 4) is 0 Å². The largest absolute Gasteiger partial charge is 0.453 e. The number of ketones is 1. The lowest BCUT2D eigenvalue weighted by Gasteiger charge is -2.05. The fourth-order valence-electron chi connectivity index (χ4n) is 2.31. The number of thiophene rings is 1. The second kappa shape index (κ2) is 6.24. The molecule has 0 saturated heterocycles. The van der Waals surface area contributed by atoms with Gasteiger partial charge in [-0.1, -0.05) is 6.07 Å². The molecule has 0 fully saturated rings. The number of aromatic nitrogens is 1. The van der Waals surface area contributed by atoms with E-state index in [4.69, 9.17) is 4.74 Å². The third kappa shape index (κ3) is 3.22. The number of rotatable bonds is 5. The van der Waals surface area contributed by atoms with E-state index < -0.39 is 12.1 Å². The zero-order chi connectivity index (χ0) is 15.6. The molecule has 0 spiro atoms. The van der Waals surface area contributed by atoms with E-state index in [0.29, 0.717) is 16.0 Å². The summed E-state index contributed by atoms with van der Waals surface area (Å²) in [5, 5.41) is 11.5. The predicted octanol–water partition coefficient (Wildman–Crippen LogP) is 2.79. The summed E-state index contributed by atoms with van der Waals surface area (Å²) in [6.45, 7) is 4.87. The summed E-state index contributed by atoms with van der Waals surface area (Å²) < 4.78 is 5.05. The van der Waals surface area contributed by atoms with Gasteiger partial charge in [0.05, 0.1) is 11.0 Å². The highest BCUT2D eigenvalue weighted by Gasteiger charge is 2.21. The third-order valence-electron chi connectivity index (χ3n) is 3.25. The number of carbonyl (C=O) groups is 2. The lowest BCUT2D eigenvalue weighted by atomic mass is 10.1. The third-order valence-corrected chi connectivity index (χ3v) is 4.16. The van der Waals surface area contributed by atoms with Crippen molar-refractivity contribution in [3.05, 3.63) is 44.9 Å². The summed E-state index contributed by atoms with van der Waals surface area (Å²) in [5.74, 6) is -0.817. The molecule has 6 heteroatoms. The van der Waals surface area contributed by atoms with Crippen molar-refractivity contribution in [1.82, 2.24) is 4.98 Å². The van der Waals surface area contributed by atoms with Crippen LogP contribution in [0.2, 0.25) is 0 Å². The van der Waals surface area contributed by atoms with Crippen LogP contribution in [0.3, 0.4) is 0 Å². The van der Waals surface area contributed by atoms with Crippen molar-refractivity contribution < 1.29 is 19.4 Å². The molecule has 0 saturated carbocycles. The number of H-pyrrole nitrogens is 1. The number of aromatic amines is 1. The number of aryl methyl sites for hydroxylation is 1. The number of esters is 1. The first-order valence-electron chi connectivity index (χ1n) is 6.52. The topological polar surface area (TPSA) is 79.4 Å². The highest BCUT2D eigenvalue weighted by Crippen LogP contribution is 2.24. The smallest absolute Gasteiger partial charge is 0.355 e. The van der Waals surface area contributed by atoms with Gasteiger partial charge in [0.25, 0.3) is 0 Å². The van der Waals surface area contributed by atoms with Crippen LogP contribution in [0.1, 0.15) is 50.0 Å². The summed E-state index contributed by atoms with van der Waals surface area (Å²) in [4.78, 5) is 27.3. The molecule has 2 aromatic rings. The molecule has 0 aliphatic carbocycles. The molecule has 0 aliphatic rings. The quantitative estimate of drug-likeness (QED) is 0.657. The molecule has 0 radical (unpaired) electrons. The van der Waals surface area contributed by atoms with Gasteiger partial charge in [-0.15, -0.1) is 11.3 Å². The number of hydrogen-bond donors (Lipinski definition) is 2. The van der Waals surface area contributed by atoms with Gasteiger partial charge in [-0.25, -0.2) is 4.79 Å². The summed E-state index contributed by atoms with van der Waals surface area (Å²) in [6.07, 6.45) is -0.671. The SMILES string of the molecule is Cc1[nH]c(C(=O)OCC(=O)c2cccs2)c(C)c1[C@H](C)O. The number of aliphatic hydroxyl groups is 1. The van der Waals surface area contributed by atoms with E-state index in [2.05, 4.69) is 4.98 Å². The van der Waals surface area contributed by atoms with Gasteiger partial charge in [0, 0.05) is 11.3 Å². The van der Waals surface area contributed by atoms with Crippen molar-refractivity contribution >= 4 is 23.1 Å². The van der Waals surface area contributed by atoms with Gasteiger partial charge in [-0.2, -0.15) is 0 Å². The first-order chi connectivity index (χ1) is 9.91. The second-order valence-electron chi connectivity index (χ2n) is 4.82. The van der Waals surface area contributed by atoms with Crippen LogP contribution in [0, 0.1) is 13.8 Å². The van der Waals surface area contributed by atoms with Gasteiger partial charge in [0.1, 0.15) is 5.69 Å². The van der Waals surface area contributed by atoms with Crippen LogP contribution >= 0.6 is 11.3 Å². The maximum Gasteiger partial charge on any atom is 0.355 e. The maximum absolute atomic E-state index is 12.0. The van der Waals surface area contributed by atoms with Crippen LogP contribution in [0.15, 0.2) is 17.5 Å². The van der Waals surface area contributed by atoms with E-state index in [1.807, 2.05) is 0 Å². The highest BCUT2D eigenvalue weighted by molar-refractivity contribution is 7.12. The molecule has 5 nitrogen and oxygen atoms in total. The molecule has 0 aromatic carbocycles. The molecular weight excluding hydrogens is 290 g/mol. The highest BCUT2D eigenvalue weighted by atomic mass is 32.1. The van der Waals surface area contributed by atoms with Gasteiger partial charge in [0.15, 0.2) is 6.61 Å². The molecule has 0 unspecified atom stereocenters. The zero-order valence-electron chi connectivity index (χ0n) is 12.1. The minimum Gasteiger partial charge on any atom is -0.453 e. The Hall–Kier alpha value is -1.92. The number of Topliss-reactive ketones (excluding diaryl/α,β-unsaturated/α-hetero) is 1. The normalized spacial score (nSPS) is 12.2. The average molecular weight is 307 g/mol. The Kier molecular flexibility index (Phi) is 4.59. The van der Waals surface area contributed by atoms with Crippen LogP contribution in [0.5, 0.6) is 0 Å². The van der Waals surface area contributed by atoms with E-state index in [1.165, 1.54) is 11.3 Å². The Morgan fingerprint density at radius 1 is 1.43 bits per heavy atom. The number of carbonyl (C=O) groups excluding carboxylic acids is 2. The van der Waals surface area contributed by atoms with Crippen LogP contribution < -0.4 is 0 Å². The Balaban J connectivity index is 2.08. The van der Waals surface area contributed by atoms with E-state index in [-0.39, 0.29) is 18.1 Å². The molecule has 2 N–H and O–H groups in total. The van der Waals surface area contributed by atoms with Crippen LogP contribution in [0.25, 0.3) is 0 Å². The molecule has 0 amide bonds. The molecular formula is C15H17NO4S. The first kappa shape index (κ1) is 15.5. The fourth-order valence-corrected chi connectivity index (χ4v) is 2.96. The Bertz CT molecular complexity index is 656. The molecule has 1 atom stereocenters. The Labute approximate surface area is 126 Å². The maximum atomic E-state index is 12.0. The van der Waals surface area contributed by atoms with Crippen molar-refractivity contribution in [3.63, 3.8) is 0 Å². The number of nitrogens with one attached hydrogen (secondary N) is 1. The van der Waals surface area contributed by atoms with Crippen molar-refractivity contribution in [2.24, 2.45) is 0 Å². The van der Waals surface area contributed by atoms with Crippen molar-refractivity contribution in [2.45, 2.75) is 26.9 Å². The summed E-state index contributed by atoms with van der Waals surface area (Å²) in [7, 11) is 0. The van der Waals surface area contributed by atoms with Gasteiger partial charge in [-0.05, 0) is 37.8 Å². The van der Waals surface area contributed by atoms with Gasteiger partial charge in [-0.3, -0.25) is 4.79 Å². The molecule has 2 heterocycles. The lowest BCUT2D eigenvalue weighted by Crippen LogP contribution is -2.14. The van der Waals surface area contributed by atoms with E-state index in [9.17, 15) is 14.7 Å². The minimum atomic E-state index is -0.671. The van der Waals surface area contributed by atoms with Gasteiger partial charge in [0.2, 0.25) is 5.78 Å². The molecule has 21 heavy (non-hydrogen) atoms. The van der Waals surface area contributed by atoms with Gasteiger partial charge < -0.3 is 14.8 Å². The van der Waals surface area contributed by atoms with E-state index in [1.54, 1.807) is 38.3 Å². The second-order valence-corrected chi connectivity index (χ2v) is 5.76. The summed E-state index contributed by atoms with van der Waals surface area (Å²) in [5.41, 5.74) is 2.34. The monoisotopic (exact) mass is 307 g/mol. The fraction of sp³-hybridized carbons (Fsp3) is 0.333. The lowest BCUT2D eigenvalue weighted by molar-refractivity contribution is 0.0469. The zero-order valence-corrected chi connectivity index (χ0v) is 12.9. The van der Waals surface area contributed by atoms with Crippen molar-refractivity contribution in [1.29, 1.82) is 0 Å². The molecule has 112 valence electrons. The van der Waals surface area contributed by atoms with Gasteiger partial charge >= 0.3 is 5.97 Å². The number of hydrogen-bond acceptors (Lipinski definition) is 5. The molecule has 2 rings (SSSR count). The molecule has 0 bridgehead atoms. The van der Waals surface area contributed by atoms with Crippen LogP contribution in [-0.2, 0) is 4.74 Å². The van der Waals surface area contributed by atoms with Crippen LogP contribution in [-0.4, -0.2) is 28.4 Å². The van der Waals surface area contributed by atoms with E-state index in [0.717, 1.165) is 5.69 Å². The Morgan fingerprint density at radius 2 is 2.14 bits per heavy atom. The minimum absolute atomic E-state index is 0.227. The van der Waals surface area contributed by atoms with E-state index >= 15 is 0 Å². The standard InChI is InChI=1S/C15H17NO4S/c1-8-13(10(3)17)9(2)16-14(8)15(19)20-7-11(18)12-5-4-6-21-12/h4-6,10,16-17H,7H2,1-3H3/t10-/m0/s1. The predicted molar refractivity (Wildman–Crippen MR) is 79.8 cm³/mol. The number of aliphatic hydroxyl groups excluding tert-OH is 1. The molecule has 2 aromatic heterocycles. The van der Waals surface area contributed by atoms with Crippen molar-refractivity contribution in [2.75, 3.05) is 6.61 Å². The Morgan fingerprint density at radius 3 is 2.67 bits per heavy atom. The summed E-state index contributed by atoms with van der Waals surface area (Å²) in [6, 6.07) is 3.46. The molecule has 0 aliphatic heterocycles.